The predicted octanol–water partition coefficient (Wildman–Crippen LogP) is 6.40. The third-order valence-corrected chi connectivity index (χ3v) is 6.56. The highest BCUT2D eigenvalue weighted by Crippen LogP contribution is 2.31. The van der Waals surface area contributed by atoms with Crippen LogP contribution in [0.15, 0.2) is 91.0 Å². The van der Waals surface area contributed by atoms with Gasteiger partial charge in [0.15, 0.2) is 11.5 Å². The van der Waals surface area contributed by atoms with Gasteiger partial charge in [-0.2, -0.15) is 0 Å². The molecule has 38 heavy (non-hydrogen) atoms. The lowest BCUT2D eigenvalue weighted by Gasteiger charge is -2.23. The third-order valence-electron chi connectivity index (χ3n) is 6.19. The number of aryl methyl sites for hydroxylation is 2. The Balaban J connectivity index is 1.66. The summed E-state index contributed by atoms with van der Waals surface area (Å²) in [6.07, 6.45) is -0.845. The summed E-state index contributed by atoms with van der Waals surface area (Å²) in [7, 11) is 1.55. The van der Waals surface area contributed by atoms with E-state index >= 15 is 0 Å². The number of rotatable bonds is 9. The molecule has 7 heteroatoms. The fraction of sp³-hybridized carbons (Fsp3) is 0.161. The molecule has 0 aliphatic rings. The second-order valence-electron chi connectivity index (χ2n) is 8.80. The van der Waals surface area contributed by atoms with E-state index in [0.29, 0.717) is 33.2 Å². The van der Waals surface area contributed by atoms with Crippen molar-refractivity contribution >= 4 is 23.4 Å². The fourth-order valence-electron chi connectivity index (χ4n) is 4.03. The first-order valence-electron chi connectivity index (χ1n) is 12.1. The number of carbonyl (C=O) groups excluding carboxylic acids is 2. The third kappa shape index (κ3) is 6.33. The van der Waals surface area contributed by atoms with Gasteiger partial charge in [0.25, 0.3) is 11.8 Å². The second kappa shape index (κ2) is 12.3. The summed E-state index contributed by atoms with van der Waals surface area (Å²) in [5, 5.41) is 6.53. The number of halogens is 1. The maximum Gasteiger partial charge on any atom is 0.253 e. The highest BCUT2D eigenvalue weighted by Gasteiger charge is 2.22. The number of amides is 2. The summed E-state index contributed by atoms with van der Waals surface area (Å²) in [4.78, 5) is 26.5. The molecule has 0 aliphatic heterocycles. The van der Waals surface area contributed by atoms with Crippen molar-refractivity contribution in [2.24, 2.45) is 0 Å². The summed E-state index contributed by atoms with van der Waals surface area (Å²) in [6.45, 7) is 3.95. The minimum absolute atomic E-state index is 0.218. The minimum Gasteiger partial charge on any atom is -0.493 e. The molecule has 4 aromatic rings. The molecule has 0 aliphatic carbocycles. The van der Waals surface area contributed by atoms with Crippen LogP contribution in [0.4, 0.5) is 0 Å². The van der Waals surface area contributed by atoms with Gasteiger partial charge in [-0.3, -0.25) is 9.59 Å². The van der Waals surface area contributed by atoms with Crippen molar-refractivity contribution < 1.29 is 19.1 Å². The lowest BCUT2D eigenvalue weighted by Crippen LogP contribution is -2.41. The van der Waals surface area contributed by atoms with Crippen molar-refractivity contribution in [3.05, 3.63) is 129 Å². The van der Waals surface area contributed by atoms with E-state index in [2.05, 4.69) is 10.6 Å². The molecule has 4 aromatic carbocycles. The zero-order chi connectivity index (χ0) is 27.1. The highest BCUT2D eigenvalue weighted by atomic mass is 35.5. The van der Waals surface area contributed by atoms with Crippen molar-refractivity contribution in [1.29, 1.82) is 0 Å². The van der Waals surface area contributed by atoms with Crippen LogP contribution in [0.2, 0.25) is 5.02 Å². The van der Waals surface area contributed by atoms with E-state index in [1.807, 2.05) is 56.3 Å². The summed E-state index contributed by atoms with van der Waals surface area (Å²) < 4.78 is 11.6. The Morgan fingerprint density at radius 3 is 1.87 bits per heavy atom. The van der Waals surface area contributed by atoms with Crippen molar-refractivity contribution in [3.8, 4) is 11.5 Å². The van der Waals surface area contributed by atoms with Gasteiger partial charge in [0.2, 0.25) is 0 Å². The summed E-state index contributed by atoms with van der Waals surface area (Å²) in [5.74, 6) is 0.334. The van der Waals surface area contributed by atoms with Crippen LogP contribution in [0.5, 0.6) is 11.5 Å². The minimum atomic E-state index is -0.845. The molecular weight excluding hydrogens is 500 g/mol. The van der Waals surface area contributed by atoms with Gasteiger partial charge in [-0.1, -0.05) is 72.3 Å². The standard InChI is InChI=1S/C31H29ClN2O4/c1-20-10-4-7-13-24(20)30(35)33-29(34-31(36)25-14-8-5-11-21(25)2)22-16-17-27(37-3)28(18-22)38-19-23-12-6-9-15-26(23)32/h4-18,29H,19H2,1-3H3,(H,33,35)(H,34,36). The first-order valence-corrected chi connectivity index (χ1v) is 12.5. The molecule has 0 spiro atoms. The Morgan fingerprint density at radius 1 is 0.763 bits per heavy atom. The predicted molar refractivity (Wildman–Crippen MR) is 149 cm³/mol. The number of carbonyl (C=O) groups is 2. The Bertz CT molecular complexity index is 1390. The molecule has 6 nitrogen and oxygen atoms in total. The first-order chi connectivity index (χ1) is 18.4. The van der Waals surface area contributed by atoms with Crippen LogP contribution in [0.3, 0.4) is 0 Å². The number of nitrogens with one attached hydrogen (secondary N) is 2. The Kier molecular flexibility index (Phi) is 8.66. The fourth-order valence-corrected chi connectivity index (χ4v) is 4.22. The van der Waals surface area contributed by atoms with Crippen LogP contribution in [0.25, 0.3) is 0 Å². The summed E-state index contributed by atoms with van der Waals surface area (Å²) in [5.41, 5.74) is 4.13. The lowest BCUT2D eigenvalue weighted by molar-refractivity contribution is 0.0882. The maximum atomic E-state index is 13.3. The van der Waals surface area contributed by atoms with E-state index < -0.39 is 6.17 Å². The van der Waals surface area contributed by atoms with Gasteiger partial charge in [-0.05, 0) is 60.9 Å². The van der Waals surface area contributed by atoms with Crippen molar-refractivity contribution in [1.82, 2.24) is 10.6 Å². The zero-order valence-electron chi connectivity index (χ0n) is 21.5. The normalized spacial score (nSPS) is 10.7. The number of hydrogen-bond donors (Lipinski definition) is 2. The van der Waals surface area contributed by atoms with E-state index in [-0.39, 0.29) is 18.4 Å². The van der Waals surface area contributed by atoms with Crippen LogP contribution in [-0.2, 0) is 6.61 Å². The van der Waals surface area contributed by atoms with Gasteiger partial charge in [0.05, 0.1) is 7.11 Å². The molecule has 0 unspecified atom stereocenters. The van der Waals surface area contributed by atoms with Gasteiger partial charge in [-0.15, -0.1) is 0 Å². The zero-order valence-corrected chi connectivity index (χ0v) is 22.2. The van der Waals surface area contributed by atoms with Crippen LogP contribution in [-0.4, -0.2) is 18.9 Å². The van der Waals surface area contributed by atoms with Gasteiger partial charge >= 0.3 is 0 Å². The van der Waals surface area contributed by atoms with Crippen LogP contribution in [0, 0.1) is 13.8 Å². The molecule has 194 valence electrons. The molecule has 0 heterocycles. The van der Waals surface area contributed by atoms with E-state index in [1.54, 1.807) is 55.6 Å². The molecule has 0 bridgehead atoms. The van der Waals surface area contributed by atoms with Crippen molar-refractivity contribution in [2.75, 3.05) is 7.11 Å². The van der Waals surface area contributed by atoms with Gasteiger partial charge < -0.3 is 20.1 Å². The van der Waals surface area contributed by atoms with E-state index in [4.69, 9.17) is 21.1 Å². The van der Waals surface area contributed by atoms with Crippen LogP contribution in [0.1, 0.15) is 49.1 Å². The second-order valence-corrected chi connectivity index (χ2v) is 9.21. The van der Waals surface area contributed by atoms with Gasteiger partial charge in [0.1, 0.15) is 12.8 Å². The van der Waals surface area contributed by atoms with Gasteiger partial charge in [0, 0.05) is 21.7 Å². The molecule has 0 atom stereocenters. The molecule has 0 saturated heterocycles. The van der Waals surface area contributed by atoms with E-state index in [1.165, 1.54) is 0 Å². The monoisotopic (exact) mass is 528 g/mol. The topological polar surface area (TPSA) is 76.7 Å². The summed E-state index contributed by atoms with van der Waals surface area (Å²) in [6, 6.07) is 27.3. The van der Waals surface area contributed by atoms with Crippen molar-refractivity contribution in [3.63, 3.8) is 0 Å². The molecule has 0 radical (unpaired) electrons. The van der Waals surface area contributed by atoms with E-state index in [9.17, 15) is 9.59 Å². The SMILES string of the molecule is COc1ccc(C(NC(=O)c2ccccc2C)NC(=O)c2ccccc2C)cc1OCc1ccccc1Cl. The number of benzene rings is 4. The number of hydrogen-bond acceptors (Lipinski definition) is 4. The first kappa shape index (κ1) is 26.8. The lowest BCUT2D eigenvalue weighted by atomic mass is 10.1. The van der Waals surface area contributed by atoms with Crippen LogP contribution >= 0.6 is 11.6 Å². The Labute approximate surface area is 227 Å². The average Bonchev–Trinajstić information content (AvgIpc) is 2.92. The summed E-state index contributed by atoms with van der Waals surface area (Å²) >= 11 is 6.30. The molecule has 0 aromatic heterocycles. The molecule has 2 amide bonds. The maximum absolute atomic E-state index is 13.3. The molecule has 2 N–H and O–H groups in total. The Morgan fingerprint density at radius 2 is 1.32 bits per heavy atom. The number of methoxy groups -OCH3 is 1. The molecule has 4 rings (SSSR count). The Hall–Kier alpha value is -4.29. The van der Waals surface area contributed by atoms with Crippen LogP contribution < -0.4 is 20.1 Å². The molecule has 0 saturated carbocycles. The number of ether oxygens (including phenoxy) is 2. The molecular formula is C31H29ClN2O4. The largest absolute Gasteiger partial charge is 0.493 e. The van der Waals surface area contributed by atoms with Crippen molar-refractivity contribution in [2.45, 2.75) is 26.6 Å². The highest BCUT2D eigenvalue weighted by molar-refractivity contribution is 6.31. The van der Waals surface area contributed by atoms with Gasteiger partial charge in [-0.25, -0.2) is 0 Å². The smallest absolute Gasteiger partial charge is 0.253 e. The molecule has 0 fully saturated rings. The van der Waals surface area contributed by atoms with E-state index in [0.717, 1.165) is 16.7 Å². The quantitative estimate of drug-likeness (QED) is 0.246. The average molecular weight is 529 g/mol.